The standard InChI is InChI=1S/C12H20N2O3/c1-10(15)14(13-17)9-5-7-11-6-3-2-4-8-12(11)16/h11H,2-9H2,1H3. The van der Waals surface area contributed by atoms with Crippen molar-refractivity contribution in [2.75, 3.05) is 6.54 Å². The maximum atomic E-state index is 11.7. The summed E-state index contributed by atoms with van der Waals surface area (Å²) in [5.74, 6) is 0.126. The number of carbonyl (C=O) groups is 2. The Bertz CT molecular complexity index is 291. The van der Waals surface area contributed by atoms with E-state index in [0.717, 1.165) is 37.1 Å². The minimum absolute atomic E-state index is 0.123. The normalized spacial score (nSPS) is 20.8. The van der Waals surface area contributed by atoms with E-state index in [-0.39, 0.29) is 11.8 Å². The van der Waals surface area contributed by atoms with Crippen molar-refractivity contribution in [3.63, 3.8) is 0 Å². The van der Waals surface area contributed by atoms with E-state index in [9.17, 15) is 14.5 Å². The molecule has 1 unspecified atom stereocenters. The minimum atomic E-state index is -0.341. The third-order valence-corrected chi connectivity index (χ3v) is 3.32. The summed E-state index contributed by atoms with van der Waals surface area (Å²) >= 11 is 0. The first-order valence-corrected chi connectivity index (χ1v) is 6.29. The Labute approximate surface area is 101 Å². The summed E-state index contributed by atoms with van der Waals surface area (Å²) in [5, 5.41) is 3.57. The Balaban J connectivity index is 2.31. The molecule has 0 aromatic carbocycles. The second kappa shape index (κ2) is 7.14. The molecule has 0 aromatic heterocycles. The van der Waals surface area contributed by atoms with Crippen molar-refractivity contribution < 1.29 is 9.59 Å². The Hall–Kier alpha value is -1.26. The highest BCUT2D eigenvalue weighted by molar-refractivity contribution is 5.81. The molecule has 0 radical (unpaired) electrons. The van der Waals surface area contributed by atoms with Crippen LogP contribution in [0.4, 0.5) is 0 Å². The first-order valence-electron chi connectivity index (χ1n) is 6.29. The van der Waals surface area contributed by atoms with Crippen molar-refractivity contribution in [2.45, 2.75) is 51.9 Å². The van der Waals surface area contributed by atoms with Crippen molar-refractivity contribution in [3.8, 4) is 0 Å². The van der Waals surface area contributed by atoms with Gasteiger partial charge < -0.3 is 0 Å². The molecule has 5 nitrogen and oxygen atoms in total. The van der Waals surface area contributed by atoms with Gasteiger partial charge >= 0.3 is 0 Å². The fraction of sp³-hybridized carbons (Fsp3) is 0.833. The second-order valence-electron chi connectivity index (χ2n) is 4.63. The van der Waals surface area contributed by atoms with E-state index >= 15 is 0 Å². The molecule has 0 aliphatic heterocycles. The van der Waals surface area contributed by atoms with Crippen LogP contribution in [0, 0.1) is 10.8 Å². The molecule has 1 rings (SSSR count). The lowest BCUT2D eigenvalue weighted by molar-refractivity contribution is -0.129. The zero-order chi connectivity index (χ0) is 12.7. The second-order valence-corrected chi connectivity index (χ2v) is 4.63. The van der Waals surface area contributed by atoms with E-state index in [1.807, 2.05) is 0 Å². The van der Waals surface area contributed by atoms with Crippen molar-refractivity contribution >= 4 is 11.7 Å². The van der Waals surface area contributed by atoms with Gasteiger partial charge in [0.25, 0.3) is 0 Å². The fourth-order valence-electron chi connectivity index (χ4n) is 2.28. The number of Topliss-reactive ketones (excluding diaryl/α,β-unsaturated/α-hetero) is 1. The van der Waals surface area contributed by atoms with Crippen LogP contribution >= 0.6 is 0 Å². The minimum Gasteiger partial charge on any atom is -0.299 e. The van der Waals surface area contributed by atoms with Crippen molar-refractivity contribution in [3.05, 3.63) is 4.91 Å². The van der Waals surface area contributed by atoms with Crippen LogP contribution in [0.5, 0.6) is 0 Å². The van der Waals surface area contributed by atoms with E-state index in [0.29, 0.717) is 25.2 Å². The summed E-state index contributed by atoms with van der Waals surface area (Å²) < 4.78 is 0. The van der Waals surface area contributed by atoms with E-state index < -0.39 is 0 Å². The predicted molar refractivity (Wildman–Crippen MR) is 64.0 cm³/mol. The van der Waals surface area contributed by atoms with Crippen LogP contribution in [0.25, 0.3) is 0 Å². The van der Waals surface area contributed by atoms with Gasteiger partial charge in [0.2, 0.25) is 5.91 Å². The molecule has 1 aliphatic carbocycles. The maximum Gasteiger partial charge on any atom is 0.242 e. The molecular weight excluding hydrogens is 220 g/mol. The average Bonchev–Trinajstić information content (AvgIpc) is 2.49. The molecule has 0 spiro atoms. The topological polar surface area (TPSA) is 66.8 Å². The molecule has 5 heteroatoms. The molecular formula is C12H20N2O3. The van der Waals surface area contributed by atoms with Gasteiger partial charge in [0.1, 0.15) is 5.78 Å². The maximum absolute atomic E-state index is 11.7. The molecule has 0 bridgehead atoms. The van der Waals surface area contributed by atoms with E-state index in [2.05, 4.69) is 5.29 Å². The first-order chi connectivity index (χ1) is 8.15. The molecule has 1 atom stereocenters. The molecule has 0 aromatic rings. The fourth-order valence-corrected chi connectivity index (χ4v) is 2.28. The number of ketones is 1. The molecule has 0 heterocycles. The Kier molecular flexibility index (Phi) is 5.80. The molecule has 1 saturated carbocycles. The molecule has 17 heavy (non-hydrogen) atoms. The van der Waals surface area contributed by atoms with Crippen LogP contribution in [-0.4, -0.2) is 23.2 Å². The highest BCUT2D eigenvalue weighted by Crippen LogP contribution is 2.23. The Morgan fingerprint density at radius 1 is 1.41 bits per heavy atom. The third-order valence-electron chi connectivity index (χ3n) is 3.32. The lowest BCUT2D eigenvalue weighted by Gasteiger charge is -2.14. The predicted octanol–water partition coefficient (Wildman–Crippen LogP) is 2.45. The van der Waals surface area contributed by atoms with Crippen LogP contribution in [0.15, 0.2) is 5.29 Å². The van der Waals surface area contributed by atoms with Crippen LogP contribution in [0.3, 0.4) is 0 Å². The number of amides is 1. The molecule has 1 aliphatic rings. The summed E-state index contributed by atoms with van der Waals surface area (Å²) in [6.45, 7) is 1.64. The van der Waals surface area contributed by atoms with E-state index in [4.69, 9.17) is 0 Å². The van der Waals surface area contributed by atoms with Crippen LogP contribution in [-0.2, 0) is 9.59 Å². The zero-order valence-electron chi connectivity index (χ0n) is 10.4. The molecule has 1 fully saturated rings. The third kappa shape index (κ3) is 4.63. The highest BCUT2D eigenvalue weighted by Gasteiger charge is 2.20. The average molecular weight is 240 g/mol. The van der Waals surface area contributed by atoms with E-state index in [1.165, 1.54) is 6.92 Å². The summed E-state index contributed by atoms with van der Waals surface area (Å²) in [6.07, 6.45) is 6.32. The van der Waals surface area contributed by atoms with Gasteiger partial charge in [-0.05, 0) is 25.7 Å². The van der Waals surface area contributed by atoms with Gasteiger partial charge in [-0.25, -0.2) is 0 Å². The van der Waals surface area contributed by atoms with Crippen molar-refractivity contribution in [1.29, 1.82) is 0 Å². The highest BCUT2D eigenvalue weighted by atomic mass is 16.3. The van der Waals surface area contributed by atoms with Gasteiger partial charge in [-0.1, -0.05) is 12.8 Å². The Morgan fingerprint density at radius 3 is 2.82 bits per heavy atom. The first kappa shape index (κ1) is 13.8. The quantitative estimate of drug-likeness (QED) is 0.421. The molecule has 0 N–H and O–H groups in total. The number of nitrogens with zero attached hydrogens (tertiary/aromatic N) is 2. The number of nitroso groups, excluding NO2 is 1. The van der Waals surface area contributed by atoms with Crippen LogP contribution < -0.4 is 0 Å². The van der Waals surface area contributed by atoms with Crippen LogP contribution in [0.1, 0.15) is 51.9 Å². The summed E-state index contributed by atoms with van der Waals surface area (Å²) in [7, 11) is 0. The van der Waals surface area contributed by atoms with Gasteiger partial charge in [-0.15, -0.1) is 4.91 Å². The van der Waals surface area contributed by atoms with Gasteiger partial charge in [0.15, 0.2) is 0 Å². The van der Waals surface area contributed by atoms with E-state index in [1.54, 1.807) is 0 Å². The van der Waals surface area contributed by atoms with Crippen LogP contribution in [0.2, 0.25) is 0 Å². The number of carbonyl (C=O) groups excluding carboxylic acids is 2. The lowest BCUT2D eigenvalue weighted by atomic mass is 9.94. The zero-order valence-corrected chi connectivity index (χ0v) is 10.4. The van der Waals surface area contributed by atoms with Gasteiger partial charge in [-0.2, -0.15) is 5.01 Å². The Morgan fingerprint density at radius 2 is 2.18 bits per heavy atom. The summed E-state index contributed by atoms with van der Waals surface area (Å²) in [5.41, 5.74) is 0. The SMILES string of the molecule is CC(=O)N(CCCC1CCCCCC1=O)N=O. The van der Waals surface area contributed by atoms with Gasteiger partial charge in [0, 0.05) is 25.8 Å². The molecule has 96 valence electrons. The summed E-state index contributed by atoms with van der Waals surface area (Å²) in [4.78, 5) is 33.0. The lowest BCUT2D eigenvalue weighted by Crippen LogP contribution is -2.24. The molecule has 0 saturated heterocycles. The smallest absolute Gasteiger partial charge is 0.242 e. The number of rotatable bonds is 5. The largest absolute Gasteiger partial charge is 0.299 e. The number of hydrogen-bond donors (Lipinski definition) is 0. The van der Waals surface area contributed by atoms with Gasteiger partial charge in [-0.3, -0.25) is 9.59 Å². The summed E-state index contributed by atoms with van der Waals surface area (Å²) in [6, 6.07) is 0. The van der Waals surface area contributed by atoms with Crippen molar-refractivity contribution in [2.24, 2.45) is 11.2 Å². The monoisotopic (exact) mass is 240 g/mol. The number of hydrogen-bond acceptors (Lipinski definition) is 4. The van der Waals surface area contributed by atoms with Gasteiger partial charge in [0.05, 0.1) is 5.29 Å². The van der Waals surface area contributed by atoms with Crippen molar-refractivity contribution in [1.82, 2.24) is 5.01 Å². The molecule has 1 amide bonds.